The molecule has 31 heavy (non-hydrogen) atoms. The molecule has 1 aliphatic heterocycles. The number of halogens is 1. The normalized spacial score (nSPS) is 16.5. The molecule has 0 unspecified atom stereocenters. The van der Waals surface area contributed by atoms with E-state index in [2.05, 4.69) is 15.6 Å². The SMILES string of the molecule is O=C1NC(=S)N(c2ccc(Cl)cc2)C(=O)[C@@H]1C=Nc1ccc(Nc2ccccc2)cc1. The topological polar surface area (TPSA) is 73.8 Å². The van der Waals surface area contributed by atoms with Crippen LogP contribution in [-0.2, 0) is 9.59 Å². The van der Waals surface area contributed by atoms with E-state index in [1.807, 2.05) is 42.5 Å². The van der Waals surface area contributed by atoms with E-state index in [-0.39, 0.29) is 5.11 Å². The second kappa shape index (κ2) is 9.07. The summed E-state index contributed by atoms with van der Waals surface area (Å²) in [6, 6.07) is 23.8. The molecule has 0 aliphatic carbocycles. The second-order valence-electron chi connectivity index (χ2n) is 6.74. The molecule has 4 rings (SSSR count). The summed E-state index contributed by atoms with van der Waals surface area (Å²) in [5.74, 6) is -2.07. The van der Waals surface area contributed by atoms with Gasteiger partial charge in [-0.1, -0.05) is 29.8 Å². The summed E-state index contributed by atoms with van der Waals surface area (Å²) < 4.78 is 0. The Morgan fingerprint density at radius 1 is 0.935 bits per heavy atom. The van der Waals surface area contributed by atoms with Crippen molar-refractivity contribution in [2.45, 2.75) is 0 Å². The van der Waals surface area contributed by atoms with Crippen molar-refractivity contribution in [1.82, 2.24) is 5.32 Å². The zero-order valence-corrected chi connectivity index (χ0v) is 17.7. The highest BCUT2D eigenvalue weighted by molar-refractivity contribution is 7.80. The van der Waals surface area contributed by atoms with E-state index in [0.29, 0.717) is 16.4 Å². The Kier molecular flexibility index (Phi) is 6.06. The van der Waals surface area contributed by atoms with Gasteiger partial charge in [0.25, 0.3) is 5.91 Å². The number of hydrogen-bond donors (Lipinski definition) is 2. The van der Waals surface area contributed by atoms with Gasteiger partial charge in [-0.25, -0.2) is 0 Å². The van der Waals surface area contributed by atoms with Gasteiger partial charge in [-0.15, -0.1) is 0 Å². The second-order valence-corrected chi connectivity index (χ2v) is 7.56. The van der Waals surface area contributed by atoms with Crippen LogP contribution in [0.3, 0.4) is 0 Å². The van der Waals surface area contributed by atoms with Crippen molar-refractivity contribution in [3.8, 4) is 0 Å². The highest BCUT2D eigenvalue weighted by Crippen LogP contribution is 2.24. The van der Waals surface area contributed by atoms with E-state index in [0.717, 1.165) is 11.4 Å². The fourth-order valence-corrected chi connectivity index (χ4v) is 3.46. The summed E-state index contributed by atoms with van der Waals surface area (Å²) >= 11 is 11.1. The average molecular weight is 449 g/mol. The lowest BCUT2D eigenvalue weighted by Gasteiger charge is -2.30. The molecule has 0 bridgehead atoms. The van der Waals surface area contributed by atoms with E-state index in [9.17, 15) is 9.59 Å². The predicted molar refractivity (Wildman–Crippen MR) is 127 cm³/mol. The van der Waals surface area contributed by atoms with Gasteiger partial charge in [0.05, 0.1) is 11.4 Å². The minimum absolute atomic E-state index is 0.0262. The summed E-state index contributed by atoms with van der Waals surface area (Å²) in [7, 11) is 0. The number of carbonyl (C=O) groups is 2. The quantitative estimate of drug-likeness (QED) is 0.332. The molecule has 2 amide bonds. The van der Waals surface area contributed by atoms with Crippen molar-refractivity contribution >= 4 is 69.7 Å². The Morgan fingerprint density at radius 3 is 2.26 bits per heavy atom. The predicted octanol–water partition coefficient (Wildman–Crippen LogP) is 4.85. The molecule has 1 saturated heterocycles. The molecule has 0 aromatic heterocycles. The molecule has 1 fully saturated rings. The summed E-state index contributed by atoms with van der Waals surface area (Å²) in [6.45, 7) is 0. The van der Waals surface area contributed by atoms with Gasteiger partial charge in [-0.3, -0.25) is 19.5 Å². The molecule has 154 valence electrons. The van der Waals surface area contributed by atoms with Crippen molar-refractivity contribution in [3.63, 3.8) is 0 Å². The lowest BCUT2D eigenvalue weighted by molar-refractivity contribution is -0.130. The number of nitrogens with zero attached hydrogens (tertiary/aromatic N) is 2. The van der Waals surface area contributed by atoms with E-state index < -0.39 is 17.7 Å². The minimum Gasteiger partial charge on any atom is -0.356 e. The molecular formula is C23H17ClN4O2S. The van der Waals surface area contributed by atoms with Gasteiger partial charge in [-0.2, -0.15) is 0 Å². The number of hydrogen-bond acceptors (Lipinski definition) is 5. The van der Waals surface area contributed by atoms with Crippen molar-refractivity contribution in [3.05, 3.63) is 83.9 Å². The van der Waals surface area contributed by atoms with Crippen molar-refractivity contribution in [2.75, 3.05) is 10.2 Å². The number of thiocarbonyl (C=S) groups is 1. The van der Waals surface area contributed by atoms with Gasteiger partial charge < -0.3 is 10.6 Å². The lowest BCUT2D eigenvalue weighted by atomic mass is 10.1. The maximum atomic E-state index is 13.0. The number of nitrogens with one attached hydrogen (secondary N) is 2. The van der Waals surface area contributed by atoms with Crippen molar-refractivity contribution in [2.24, 2.45) is 10.9 Å². The Labute approximate surface area is 189 Å². The summed E-state index contributed by atoms with van der Waals surface area (Å²) in [4.78, 5) is 30.9. The van der Waals surface area contributed by atoms with Crippen LogP contribution in [0.15, 0.2) is 83.9 Å². The van der Waals surface area contributed by atoms with Crippen LogP contribution in [0.1, 0.15) is 0 Å². The average Bonchev–Trinajstić information content (AvgIpc) is 2.76. The van der Waals surface area contributed by atoms with Crippen LogP contribution in [0.2, 0.25) is 5.02 Å². The fourth-order valence-electron chi connectivity index (χ4n) is 3.04. The van der Waals surface area contributed by atoms with Crippen LogP contribution in [0.4, 0.5) is 22.7 Å². The van der Waals surface area contributed by atoms with E-state index >= 15 is 0 Å². The van der Waals surface area contributed by atoms with E-state index in [4.69, 9.17) is 23.8 Å². The molecule has 6 nitrogen and oxygen atoms in total. The molecule has 1 atom stereocenters. The van der Waals surface area contributed by atoms with Gasteiger partial charge in [0, 0.05) is 22.6 Å². The Balaban J connectivity index is 1.49. The van der Waals surface area contributed by atoms with Gasteiger partial charge in [0.1, 0.15) is 0 Å². The number of aliphatic imine (C=N–C) groups is 1. The first-order chi connectivity index (χ1) is 15.0. The largest absolute Gasteiger partial charge is 0.356 e. The molecule has 0 saturated carbocycles. The number of para-hydroxylation sites is 1. The standard InChI is InChI=1S/C23H17ClN4O2S/c24-15-6-12-19(13-7-15)28-22(30)20(21(29)27-23(28)31)14-25-16-8-10-18(11-9-16)26-17-4-2-1-3-5-17/h1-14,20,26H,(H,27,29,31)/t20-/m1/s1. The third-order valence-electron chi connectivity index (χ3n) is 4.59. The zero-order valence-electron chi connectivity index (χ0n) is 16.2. The highest BCUT2D eigenvalue weighted by Gasteiger charge is 2.38. The smallest absolute Gasteiger partial charge is 0.251 e. The van der Waals surface area contributed by atoms with Crippen LogP contribution in [0.25, 0.3) is 0 Å². The third-order valence-corrected chi connectivity index (χ3v) is 5.13. The van der Waals surface area contributed by atoms with Gasteiger partial charge in [-0.05, 0) is 72.9 Å². The number of benzene rings is 3. The van der Waals surface area contributed by atoms with E-state index in [1.165, 1.54) is 11.1 Å². The molecule has 8 heteroatoms. The Bertz CT molecular complexity index is 1150. The number of rotatable bonds is 5. The van der Waals surface area contributed by atoms with Crippen molar-refractivity contribution in [1.29, 1.82) is 0 Å². The maximum Gasteiger partial charge on any atom is 0.251 e. The third kappa shape index (κ3) is 4.79. The molecule has 3 aromatic carbocycles. The molecule has 1 aliphatic rings. The zero-order chi connectivity index (χ0) is 21.8. The maximum absolute atomic E-state index is 13.0. The molecule has 2 N–H and O–H groups in total. The Hall–Kier alpha value is -3.55. The molecule has 0 radical (unpaired) electrons. The number of anilines is 3. The number of carbonyl (C=O) groups excluding carboxylic acids is 2. The van der Waals surface area contributed by atoms with Crippen LogP contribution < -0.4 is 15.5 Å². The molecule has 3 aromatic rings. The number of amides is 2. The molecule has 1 heterocycles. The summed E-state index contributed by atoms with van der Waals surface area (Å²) in [5, 5.41) is 6.40. The van der Waals surface area contributed by atoms with Crippen LogP contribution in [-0.4, -0.2) is 23.1 Å². The monoisotopic (exact) mass is 448 g/mol. The van der Waals surface area contributed by atoms with Crippen LogP contribution in [0.5, 0.6) is 0 Å². The van der Waals surface area contributed by atoms with Crippen LogP contribution in [0, 0.1) is 5.92 Å². The van der Waals surface area contributed by atoms with Gasteiger partial charge in [0.15, 0.2) is 11.0 Å². The first-order valence-electron chi connectivity index (χ1n) is 9.42. The summed E-state index contributed by atoms with van der Waals surface area (Å²) in [6.07, 6.45) is 1.34. The minimum atomic E-state index is -1.09. The lowest BCUT2D eigenvalue weighted by Crippen LogP contribution is -2.58. The first-order valence-corrected chi connectivity index (χ1v) is 10.2. The van der Waals surface area contributed by atoms with Gasteiger partial charge >= 0.3 is 0 Å². The molecule has 0 spiro atoms. The van der Waals surface area contributed by atoms with Crippen LogP contribution >= 0.6 is 23.8 Å². The summed E-state index contributed by atoms with van der Waals surface area (Å²) in [5.41, 5.74) is 3.01. The first kappa shape index (κ1) is 20.7. The van der Waals surface area contributed by atoms with Crippen molar-refractivity contribution < 1.29 is 9.59 Å². The van der Waals surface area contributed by atoms with Gasteiger partial charge in [0.2, 0.25) is 5.91 Å². The molecular weight excluding hydrogens is 432 g/mol. The van der Waals surface area contributed by atoms with E-state index in [1.54, 1.807) is 36.4 Å². The highest BCUT2D eigenvalue weighted by atomic mass is 35.5. The fraction of sp³-hybridized carbons (Fsp3) is 0.0435. The Morgan fingerprint density at radius 2 is 1.58 bits per heavy atom.